The molecule has 1 aromatic carbocycles. The molecule has 1 atom stereocenters. The van der Waals surface area contributed by atoms with Crippen LogP contribution in [0.1, 0.15) is 27.2 Å². The minimum absolute atomic E-state index is 0.332. The van der Waals surface area contributed by atoms with Crippen molar-refractivity contribution < 1.29 is 19.4 Å². The van der Waals surface area contributed by atoms with Gasteiger partial charge in [0.1, 0.15) is 12.6 Å². The maximum Gasteiger partial charge on any atom is 0.320 e. The van der Waals surface area contributed by atoms with Crippen molar-refractivity contribution >= 4 is 5.97 Å². The normalized spacial score (nSPS) is 12.2. The van der Waals surface area contributed by atoms with Crippen LogP contribution in [0.2, 0.25) is 0 Å². The number of carboxylic acids is 1. The fraction of sp³-hybridized carbons (Fsp3) is 0.562. The van der Waals surface area contributed by atoms with Crippen molar-refractivity contribution in [2.75, 3.05) is 19.8 Å². The van der Waals surface area contributed by atoms with Crippen LogP contribution in [0.5, 0.6) is 11.5 Å². The molecule has 0 fully saturated rings. The van der Waals surface area contributed by atoms with E-state index in [-0.39, 0.29) is 0 Å². The Morgan fingerprint density at radius 2 is 1.86 bits per heavy atom. The number of carboxylic acid groups (broad SMARTS) is 1. The van der Waals surface area contributed by atoms with Gasteiger partial charge in [0.15, 0.2) is 11.5 Å². The van der Waals surface area contributed by atoms with Crippen LogP contribution in [0.15, 0.2) is 24.3 Å². The first-order valence-electron chi connectivity index (χ1n) is 7.35. The van der Waals surface area contributed by atoms with Gasteiger partial charge >= 0.3 is 5.97 Å². The molecule has 21 heavy (non-hydrogen) atoms. The number of ether oxygens (including phenoxy) is 2. The molecule has 0 radical (unpaired) electrons. The van der Waals surface area contributed by atoms with Crippen molar-refractivity contribution in [1.29, 1.82) is 0 Å². The minimum atomic E-state index is -0.821. The van der Waals surface area contributed by atoms with Gasteiger partial charge in [-0.05, 0) is 31.4 Å². The lowest BCUT2D eigenvalue weighted by atomic mass is 10.0. The maximum absolute atomic E-state index is 11.1. The Kier molecular flexibility index (Phi) is 7.61. The molecule has 1 aromatic rings. The number of rotatable bonds is 10. The van der Waals surface area contributed by atoms with Gasteiger partial charge in [-0.15, -0.1) is 0 Å². The summed E-state index contributed by atoms with van der Waals surface area (Å²) in [5.41, 5.74) is 0. The second-order valence-electron chi connectivity index (χ2n) is 5.20. The molecule has 1 unspecified atom stereocenters. The van der Waals surface area contributed by atoms with Crippen molar-refractivity contribution in [3.05, 3.63) is 24.3 Å². The van der Waals surface area contributed by atoms with Crippen LogP contribution in [0.4, 0.5) is 0 Å². The largest absolute Gasteiger partial charge is 0.490 e. The first kappa shape index (κ1) is 17.3. The fourth-order valence-corrected chi connectivity index (χ4v) is 1.98. The molecule has 0 bridgehead atoms. The lowest BCUT2D eigenvalue weighted by molar-refractivity contribution is -0.139. The maximum atomic E-state index is 11.1. The highest BCUT2D eigenvalue weighted by atomic mass is 16.5. The Labute approximate surface area is 126 Å². The van der Waals surface area contributed by atoms with Crippen molar-refractivity contribution in [3.63, 3.8) is 0 Å². The SMILES string of the molecule is CCOc1ccccc1OCCNC(CC(C)C)C(=O)O. The highest BCUT2D eigenvalue weighted by Gasteiger charge is 2.17. The second-order valence-corrected chi connectivity index (χ2v) is 5.20. The molecule has 118 valence electrons. The van der Waals surface area contributed by atoms with Crippen molar-refractivity contribution in [2.45, 2.75) is 33.2 Å². The van der Waals surface area contributed by atoms with E-state index in [0.29, 0.717) is 43.6 Å². The third-order valence-corrected chi connectivity index (χ3v) is 2.90. The van der Waals surface area contributed by atoms with Gasteiger partial charge in [0.2, 0.25) is 0 Å². The van der Waals surface area contributed by atoms with Crippen LogP contribution in [0, 0.1) is 5.92 Å². The van der Waals surface area contributed by atoms with Gasteiger partial charge in [0, 0.05) is 6.54 Å². The van der Waals surface area contributed by atoms with Crippen LogP contribution in [-0.2, 0) is 4.79 Å². The molecule has 0 amide bonds. The van der Waals surface area contributed by atoms with E-state index in [1.807, 2.05) is 45.0 Å². The summed E-state index contributed by atoms with van der Waals surface area (Å²) in [6.45, 7) is 7.38. The molecule has 2 N–H and O–H groups in total. The summed E-state index contributed by atoms with van der Waals surface area (Å²) in [7, 11) is 0. The van der Waals surface area contributed by atoms with E-state index in [4.69, 9.17) is 14.6 Å². The summed E-state index contributed by atoms with van der Waals surface area (Å²) >= 11 is 0. The molecule has 0 aliphatic rings. The summed E-state index contributed by atoms with van der Waals surface area (Å²) in [5, 5.41) is 12.1. The summed E-state index contributed by atoms with van der Waals surface area (Å²) in [6, 6.07) is 6.93. The predicted octanol–water partition coefficient (Wildman–Crippen LogP) is 2.55. The summed E-state index contributed by atoms with van der Waals surface area (Å²) < 4.78 is 11.1. The Morgan fingerprint density at radius 3 is 2.38 bits per heavy atom. The van der Waals surface area contributed by atoms with Gasteiger partial charge in [-0.2, -0.15) is 0 Å². The third-order valence-electron chi connectivity index (χ3n) is 2.90. The second kappa shape index (κ2) is 9.23. The van der Waals surface area contributed by atoms with Gasteiger partial charge in [-0.1, -0.05) is 26.0 Å². The van der Waals surface area contributed by atoms with Crippen LogP contribution < -0.4 is 14.8 Å². The molecule has 0 heterocycles. The number of hydrogen-bond donors (Lipinski definition) is 2. The molecule has 0 saturated carbocycles. The van der Waals surface area contributed by atoms with Gasteiger partial charge in [-0.25, -0.2) is 0 Å². The third kappa shape index (κ3) is 6.49. The Bertz CT molecular complexity index is 434. The van der Waals surface area contributed by atoms with Crippen molar-refractivity contribution in [3.8, 4) is 11.5 Å². The van der Waals surface area contributed by atoms with Crippen LogP contribution in [0.25, 0.3) is 0 Å². The van der Waals surface area contributed by atoms with Crippen molar-refractivity contribution in [2.24, 2.45) is 5.92 Å². The van der Waals surface area contributed by atoms with E-state index in [1.54, 1.807) is 0 Å². The topological polar surface area (TPSA) is 67.8 Å². The highest BCUT2D eigenvalue weighted by molar-refractivity contribution is 5.73. The molecular weight excluding hydrogens is 270 g/mol. The van der Waals surface area contributed by atoms with Crippen molar-refractivity contribution in [1.82, 2.24) is 5.32 Å². The molecule has 5 heteroatoms. The number of benzene rings is 1. The number of carbonyl (C=O) groups is 1. The van der Waals surface area contributed by atoms with Crippen LogP contribution in [-0.4, -0.2) is 36.9 Å². The smallest absolute Gasteiger partial charge is 0.320 e. The van der Waals surface area contributed by atoms with E-state index in [2.05, 4.69) is 5.32 Å². The molecule has 0 aliphatic carbocycles. The predicted molar refractivity (Wildman–Crippen MR) is 82.0 cm³/mol. The first-order chi connectivity index (χ1) is 10.0. The summed E-state index contributed by atoms with van der Waals surface area (Å²) in [6.07, 6.45) is 0.602. The van der Waals surface area contributed by atoms with Gasteiger partial charge < -0.3 is 19.9 Å². The number of aliphatic carboxylic acids is 1. The quantitative estimate of drug-likeness (QED) is 0.649. The Morgan fingerprint density at radius 1 is 1.24 bits per heavy atom. The number of para-hydroxylation sites is 2. The average molecular weight is 295 g/mol. The van der Waals surface area contributed by atoms with E-state index < -0.39 is 12.0 Å². The zero-order valence-electron chi connectivity index (χ0n) is 13.0. The number of nitrogens with one attached hydrogen (secondary N) is 1. The van der Waals surface area contributed by atoms with Gasteiger partial charge in [0.05, 0.1) is 6.61 Å². The van der Waals surface area contributed by atoms with Crippen LogP contribution >= 0.6 is 0 Å². The monoisotopic (exact) mass is 295 g/mol. The Balaban J connectivity index is 2.41. The first-order valence-corrected chi connectivity index (χ1v) is 7.35. The van der Waals surface area contributed by atoms with E-state index in [0.717, 1.165) is 0 Å². The molecule has 0 spiro atoms. The zero-order chi connectivity index (χ0) is 15.7. The van der Waals surface area contributed by atoms with Gasteiger partial charge in [-0.3, -0.25) is 4.79 Å². The Hall–Kier alpha value is -1.75. The van der Waals surface area contributed by atoms with E-state index in [9.17, 15) is 4.79 Å². The average Bonchev–Trinajstić information content (AvgIpc) is 2.43. The molecule has 1 rings (SSSR count). The van der Waals surface area contributed by atoms with Crippen LogP contribution in [0.3, 0.4) is 0 Å². The van der Waals surface area contributed by atoms with E-state index >= 15 is 0 Å². The lowest BCUT2D eigenvalue weighted by Crippen LogP contribution is -2.39. The molecule has 0 aromatic heterocycles. The summed E-state index contributed by atoms with van der Waals surface area (Å²) in [4.78, 5) is 11.1. The molecular formula is C16H25NO4. The van der Waals surface area contributed by atoms with Gasteiger partial charge in [0.25, 0.3) is 0 Å². The highest BCUT2D eigenvalue weighted by Crippen LogP contribution is 2.26. The zero-order valence-corrected chi connectivity index (χ0v) is 13.0. The fourth-order valence-electron chi connectivity index (χ4n) is 1.98. The summed E-state index contributed by atoms with van der Waals surface area (Å²) in [5.74, 6) is 0.894. The molecule has 0 aliphatic heterocycles. The molecule has 0 saturated heterocycles. The number of hydrogen-bond acceptors (Lipinski definition) is 4. The van der Waals surface area contributed by atoms with E-state index in [1.165, 1.54) is 0 Å². The lowest BCUT2D eigenvalue weighted by Gasteiger charge is -2.17. The standard InChI is InChI=1S/C16H25NO4/c1-4-20-14-7-5-6-8-15(14)21-10-9-17-13(16(18)19)11-12(2)3/h5-8,12-13,17H,4,9-11H2,1-3H3,(H,18,19). The molecule has 5 nitrogen and oxygen atoms in total. The minimum Gasteiger partial charge on any atom is -0.490 e.